The Bertz CT molecular complexity index is 936. The highest BCUT2D eigenvalue weighted by Gasteiger charge is 2.25. The smallest absolute Gasteiger partial charge is 0.256 e. The lowest BCUT2D eigenvalue weighted by molar-refractivity contribution is -0.110. The van der Waals surface area contributed by atoms with Crippen molar-refractivity contribution in [2.24, 2.45) is 0 Å². The van der Waals surface area contributed by atoms with Gasteiger partial charge in [-0.15, -0.1) is 11.3 Å². The summed E-state index contributed by atoms with van der Waals surface area (Å²) in [4.78, 5) is 17.7. The van der Waals surface area contributed by atoms with Crippen LogP contribution < -0.4 is 10.1 Å². The maximum absolute atomic E-state index is 12.3. The van der Waals surface area contributed by atoms with Gasteiger partial charge in [0.05, 0.1) is 24.1 Å². The molecule has 0 aliphatic carbocycles. The standard InChI is InChI=1S/C16H13N3O2S/c1-9-14(19-5-6-22-16(19)17-9)8-12-11-7-10(21-2)3-4-13(11)18-15(12)20/h3-8H,1-2H3,(H,18,20)/b12-8-. The van der Waals surface area contributed by atoms with Crippen LogP contribution in [0.2, 0.25) is 0 Å². The molecule has 0 spiro atoms. The van der Waals surface area contributed by atoms with Gasteiger partial charge in [0.1, 0.15) is 5.75 Å². The summed E-state index contributed by atoms with van der Waals surface area (Å²) in [5.41, 5.74) is 4.13. The van der Waals surface area contributed by atoms with Crippen LogP contribution in [0.5, 0.6) is 5.75 Å². The Morgan fingerprint density at radius 2 is 2.27 bits per heavy atom. The largest absolute Gasteiger partial charge is 0.497 e. The number of nitrogens with zero attached hydrogens (tertiary/aromatic N) is 2. The van der Waals surface area contributed by atoms with Crippen molar-refractivity contribution in [3.63, 3.8) is 0 Å². The Kier molecular flexibility index (Phi) is 2.80. The molecule has 1 N–H and O–H groups in total. The number of carbonyl (C=O) groups is 1. The minimum atomic E-state index is -0.104. The molecule has 4 rings (SSSR count). The fourth-order valence-electron chi connectivity index (χ4n) is 2.66. The van der Waals surface area contributed by atoms with Gasteiger partial charge in [0.2, 0.25) is 0 Å². The van der Waals surface area contributed by atoms with Gasteiger partial charge in [0.15, 0.2) is 4.96 Å². The first kappa shape index (κ1) is 13.1. The molecule has 22 heavy (non-hydrogen) atoms. The van der Waals surface area contributed by atoms with Gasteiger partial charge in [0.25, 0.3) is 5.91 Å². The predicted molar refractivity (Wildman–Crippen MR) is 87.3 cm³/mol. The molecule has 0 fully saturated rings. The second kappa shape index (κ2) is 4.71. The number of amides is 1. The van der Waals surface area contributed by atoms with Crippen molar-refractivity contribution in [3.8, 4) is 5.75 Å². The number of aromatic nitrogens is 2. The summed E-state index contributed by atoms with van der Waals surface area (Å²) in [6.45, 7) is 1.95. The van der Waals surface area contributed by atoms with Crippen molar-refractivity contribution in [3.05, 3.63) is 46.7 Å². The van der Waals surface area contributed by atoms with Crippen LogP contribution in [0.15, 0.2) is 29.8 Å². The second-order valence-corrected chi connectivity index (χ2v) is 5.93. The number of imidazole rings is 1. The van der Waals surface area contributed by atoms with Crippen LogP contribution in [-0.4, -0.2) is 22.4 Å². The third kappa shape index (κ3) is 1.84. The monoisotopic (exact) mass is 311 g/mol. The highest BCUT2D eigenvalue weighted by atomic mass is 32.1. The van der Waals surface area contributed by atoms with Gasteiger partial charge in [-0.2, -0.15) is 0 Å². The lowest BCUT2D eigenvalue weighted by Gasteiger charge is -2.03. The minimum Gasteiger partial charge on any atom is -0.497 e. The summed E-state index contributed by atoms with van der Waals surface area (Å²) in [6, 6.07) is 5.57. The van der Waals surface area contributed by atoms with Gasteiger partial charge < -0.3 is 10.1 Å². The SMILES string of the molecule is COc1ccc2c(c1)/C(=C/c1c(C)nc3sccn13)C(=O)N2. The molecule has 1 amide bonds. The van der Waals surface area contributed by atoms with Crippen molar-refractivity contribution >= 4 is 39.5 Å². The molecule has 0 saturated carbocycles. The van der Waals surface area contributed by atoms with Gasteiger partial charge in [-0.05, 0) is 31.2 Å². The molecular formula is C16H13N3O2S. The number of nitrogens with one attached hydrogen (secondary N) is 1. The predicted octanol–water partition coefficient (Wildman–Crippen LogP) is 3.21. The summed E-state index contributed by atoms with van der Waals surface area (Å²) in [5, 5.41) is 4.86. The molecule has 1 aliphatic rings. The Morgan fingerprint density at radius 1 is 1.41 bits per heavy atom. The number of aryl methyl sites for hydroxylation is 1. The Morgan fingerprint density at radius 3 is 3.09 bits per heavy atom. The molecule has 2 aromatic heterocycles. The van der Waals surface area contributed by atoms with Crippen molar-refractivity contribution in [1.82, 2.24) is 9.38 Å². The fourth-order valence-corrected chi connectivity index (χ4v) is 3.43. The van der Waals surface area contributed by atoms with Gasteiger partial charge in [-0.25, -0.2) is 4.98 Å². The van der Waals surface area contributed by atoms with E-state index >= 15 is 0 Å². The molecule has 0 unspecified atom stereocenters. The van der Waals surface area contributed by atoms with Crippen molar-refractivity contribution in [1.29, 1.82) is 0 Å². The average molecular weight is 311 g/mol. The molecule has 110 valence electrons. The zero-order valence-electron chi connectivity index (χ0n) is 12.1. The van der Waals surface area contributed by atoms with Crippen LogP contribution in [0.25, 0.3) is 16.6 Å². The number of hydrogen-bond donors (Lipinski definition) is 1. The number of ether oxygens (including phenoxy) is 1. The van der Waals surface area contributed by atoms with Crippen LogP contribution in [0.4, 0.5) is 5.69 Å². The number of benzene rings is 1. The molecule has 0 saturated heterocycles. The van der Waals surface area contributed by atoms with E-state index in [1.54, 1.807) is 18.4 Å². The zero-order valence-corrected chi connectivity index (χ0v) is 12.9. The lowest BCUT2D eigenvalue weighted by Crippen LogP contribution is -2.03. The van der Waals surface area contributed by atoms with E-state index in [2.05, 4.69) is 10.3 Å². The van der Waals surface area contributed by atoms with E-state index < -0.39 is 0 Å². The normalized spacial score (nSPS) is 15.4. The maximum atomic E-state index is 12.3. The third-order valence-electron chi connectivity index (χ3n) is 3.77. The van der Waals surface area contributed by atoms with Crippen LogP contribution in [0.3, 0.4) is 0 Å². The number of methoxy groups -OCH3 is 1. The summed E-state index contributed by atoms with van der Waals surface area (Å²) >= 11 is 1.57. The van der Waals surface area contributed by atoms with Crippen LogP contribution in [0, 0.1) is 6.92 Å². The van der Waals surface area contributed by atoms with Gasteiger partial charge >= 0.3 is 0 Å². The van der Waals surface area contributed by atoms with Crippen LogP contribution in [0.1, 0.15) is 17.0 Å². The molecule has 1 aliphatic heterocycles. The van der Waals surface area contributed by atoms with E-state index in [9.17, 15) is 4.79 Å². The Hall–Kier alpha value is -2.60. The quantitative estimate of drug-likeness (QED) is 0.739. The summed E-state index contributed by atoms with van der Waals surface area (Å²) in [7, 11) is 1.62. The lowest BCUT2D eigenvalue weighted by atomic mass is 10.1. The summed E-state index contributed by atoms with van der Waals surface area (Å²) < 4.78 is 7.26. The number of rotatable bonds is 2. The Balaban J connectivity index is 1.91. The molecule has 0 radical (unpaired) electrons. The molecule has 1 aromatic carbocycles. The van der Waals surface area contributed by atoms with Crippen LogP contribution >= 0.6 is 11.3 Å². The Labute approximate surface area is 130 Å². The summed E-state index contributed by atoms with van der Waals surface area (Å²) in [5.74, 6) is 0.625. The van der Waals surface area contributed by atoms with Gasteiger partial charge in [-0.3, -0.25) is 9.20 Å². The molecule has 0 bridgehead atoms. The molecular weight excluding hydrogens is 298 g/mol. The number of anilines is 1. The first-order valence-corrected chi connectivity index (χ1v) is 7.69. The average Bonchev–Trinajstić information content (AvgIpc) is 3.15. The first-order chi connectivity index (χ1) is 10.7. The zero-order chi connectivity index (χ0) is 15.3. The van der Waals surface area contributed by atoms with Gasteiger partial charge in [0, 0.05) is 22.8 Å². The minimum absolute atomic E-state index is 0.104. The molecule has 3 heterocycles. The highest BCUT2D eigenvalue weighted by molar-refractivity contribution is 7.15. The van der Waals surface area contributed by atoms with E-state index in [-0.39, 0.29) is 5.91 Å². The molecule has 0 atom stereocenters. The van der Waals surface area contributed by atoms with Crippen molar-refractivity contribution < 1.29 is 9.53 Å². The number of fused-ring (bicyclic) bond motifs is 2. The topological polar surface area (TPSA) is 55.6 Å². The number of carbonyl (C=O) groups excluding carboxylic acids is 1. The maximum Gasteiger partial charge on any atom is 0.256 e. The molecule has 6 heteroatoms. The fraction of sp³-hybridized carbons (Fsp3) is 0.125. The van der Waals surface area contributed by atoms with E-state index in [0.717, 1.165) is 33.3 Å². The first-order valence-electron chi connectivity index (χ1n) is 6.81. The van der Waals surface area contributed by atoms with Crippen molar-refractivity contribution in [2.75, 3.05) is 12.4 Å². The van der Waals surface area contributed by atoms with E-state index in [1.807, 2.05) is 47.2 Å². The van der Waals surface area contributed by atoms with Crippen molar-refractivity contribution in [2.45, 2.75) is 6.92 Å². The molecule has 5 nitrogen and oxygen atoms in total. The van der Waals surface area contributed by atoms with E-state index in [1.165, 1.54) is 0 Å². The summed E-state index contributed by atoms with van der Waals surface area (Å²) in [6.07, 6.45) is 3.86. The third-order valence-corrected chi connectivity index (χ3v) is 4.53. The second-order valence-electron chi connectivity index (χ2n) is 5.06. The van der Waals surface area contributed by atoms with E-state index in [0.29, 0.717) is 5.57 Å². The number of hydrogen-bond acceptors (Lipinski definition) is 4. The van der Waals surface area contributed by atoms with Gasteiger partial charge in [-0.1, -0.05) is 0 Å². The number of thiazole rings is 1. The molecule has 3 aromatic rings. The highest BCUT2D eigenvalue weighted by Crippen LogP contribution is 2.36. The van der Waals surface area contributed by atoms with Crippen LogP contribution in [-0.2, 0) is 4.79 Å². The van der Waals surface area contributed by atoms with E-state index in [4.69, 9.17) is 4.74 Å².